The Balaban J connectivity index is 1.67. The molecule has 0 spiro atoms. The second-order valence-electron chi connectivity index (χ2n) is 4.98. The van der Waals surface area contributed by atoms with Crippen molar-refractivity contribution in [1.29, 1.82) is 0 Å². The van der Waals surface area contributed by atoms with E-state index in [4.69, 9.17) is 26.6 Å². The van der Waals surface area contributed by atoms with Crippen LogP contribution in [0.1, 0.15) is 11.9 Å². The molecule has 0 amide bonds. The van der Waals surface area contributed by atoms with Gasteiger partial charge in [-0.2, -0.15) is 4.98 Å². The zero-order chi connectivity index (χ0) is 14.7. The van der Waals surface area contributed by atoms with E-state index in [0.717, 1.165) is 31.9 Å². The van der Waals surface area contributed by atoms with Gasteiger partial charge in [0.05, 0.1) is 19.3 Å². The molecule has 0 bridgehead atoms. The van der Waals surface area contributed by atoms with Crippen molar-refractivity contribution in [3.8, 4) is 11.5 Å². The zero-order valence-electron chi connectivity index (χ0n) is 11.5. The summed E-state index contributed by atoms with van der Waals surface area (Å²) < 4.78 is 10.6. The summed E-state index contributed by atoms with van der Waals surface area (Å²) >= 11 is 5.86. The number of rotatable bonds is 4. The Morgan fingerprint density at radius 2 is 1.95 bits per heavy atom. The van der Waals surface area contributed by atoms with E-state index < -0.39 is 0 Å². The van der Waals surface area contributed by atoms with Crippen molar-refractivity contribution in [2.24, 2.45) is 5.73 Å². The van der Waals surface area contributed by atoms with Gasteiger partial charge in [-0.3, -0.25) is 4.90 Å². The summed E-state index contributed by atoms with van der Waals surface area (Å²) in [5.74, 6) is 0.977. The van der Waals surface area contributed by atoms with Crippen LogP contribution in [0, 0.1) is 0 Å². The molecule has 2 heterocycles. The van der Waals surface area contributed by atoms with Crippen molar-refractivity contribution in [3.05, 3.63) is 35.1 Å². The molecule has 1 aromatic heterocycles. The van der Waals surface area contributed by atoms with Crippen molar-refractivity contribution in [2.75, 3.05) is 32.8 Å². The fraction of sp³-hybridized carbons (Fsp3) is 0.429. The predicted molar refractivity (Wildman–Crippen MR) is 78.9 cm³/mol. The normalized spacial score (nSPS) is 17.8. The predicted octanol–water partition coefficient (Wildman–Crippen LogP) is 1.72. The minimum Gasteiger partial charge on any atom is -0.379 e. The second kappa shape index (κ2) is 6.53. The molecular formula is C14H17ClN4O2. The lowest BCUT2D eigenvalue weighted by Crippen LogP contribution is -2.40. The molecule has 1 aliphatic rings. The van der Waals surface area contributed by atoms with E-state index in [1.54, 1.807) is 12.1 Å². The summed E-state index contributed by atoms with van der Waals surface area (Å²) in [6.07, 6.45) is 0. The molecule has 6 nitrogen and oxygen atoms in total. The van der Waals surface area contributed by atoms with Crippen LogP contribution in [0.2, 0.25) is 5.02 Å². The molecule has 1 fully saturated rings. The Labute approximate surface area is 127 Å². The van der Waals surface area contributed by atoms with Crippen molar-refractivity contribution >= 4 is 11.6 Å². The van der Waals surface area contributed by atoms with Crippen LogP contribution in [0.25, 0.3) is 11.5 Å². The van der Waals surface area contributed by atoms with Gasteiger partial charge in [0.1, 0.15) is 0 Å². The number of benzene rings is 1. The topological polar surface area (TPSA) is 77.4 Å². The van der Waals surface area contributed by atoms with Gasteiger partial charge in [0.15, 0.2) is 5.82 Å². The third-order valence-corrected chi connectivity index (χ3v) is 3.68. The van der Waals surface area contributed by atoms with Crippen LogP contribution < -0.4 is 5.73 Å². The number of hydrogen-bond donors (Lipinski definition) is 1. The molecule has 1 aliphatic heterocycles. The van der Waals surface area contributed by atoms with Gasteiger partial charge < -0.3 is 15.0 Å². The Morgan fingerprint density at radius 1 is 1.24 bits per heavy atom. The van der Waals surface area contributed by atoms with Gasteiger partial charge in [0.25, 0.3) is 5.89 Å². The van der Waals surface area contributed by atoms with Crippen molar-refractivity contribution in [3.63, 3.8) is 0 Å². The lowest BCUT2D eigenvalue weighted by Gasteiger charge is -2.27. The minimum absolute atomic E-state index is 0.270. The fourth-order valence-electron chi connectivity index (χ4n) is 2.24. The molecule has 21 heavy (non-hydrogen) atoms. The number of aromatic nitrogens is 2. The Bertz CT molecular complexity index is 581. The van der Waals surface area contributed by atoms with Gasteiger partial charge in [-0.1, -0.05) is 16.8 Å². The third-order valence-electron chi connectivity index (χ3n) is 3.42. The molecule has 112 valence electrons. The summed E-state index contributed by atoms with van der Waals surface area (Å²) in [5.41, 5.74) is 6.98. The Kier molecular flexibility index (Phi) is 4.50. The highest BCUT2D eigenvalue weighted by molar-refractivity contribution is 6.30. The maximum Gasteiger partial charge on any atom is 0.257 e. The monoisotopic (exact) mass is 308 g/mol. The minimum atomic E-state index is -0.270. The molecule has 1 unspecified atom stereocenters. The number of nitrogens with two attached hydrogens (primary N) is 1. The molecule has 0 saturated carbocycles. The average Bonchev–Trinajstić information content (AvgIpc) is 2.99. The standard InChI is InChI=1S/C14H17ClN4O2/c15-11-3-1-10(2-4-11)14-17-13(18-21-14)12(16)9-19-5-7-20-8-6-19/h1-4,12H,5-9,16H2. The summed E-state index contributed by atoms with van der Waals surface area (Å²) in [7, 11) is 0. The van der Waals surface area contributed by atoms with Crippen molar-refractivity contribution < 1.29 is 9.26 Å². The second-order valence-corrected chi connectivity index (χ2v) is 5.42. The zero-order valence-corrected chi connectivity index (χ0v) is 12.3. The lowest BCUT2D eigenvalue weighted by molar-refractivity contribution is 0.0348. The quantitative estimate of drug-likeness (QED) is 0.926. The maximum atomic E-state index is 6.15. The first kappa shape index (κ1) is 14.5. The van der Waals surface area contributed by atoms with E-state index in [-0.39, 0.29) is 6.04 Å². The van der Waals surface area contributed by atoms with Gasteiger partial charge in [-0.25, -0.2) is 0 Å². The number of nitrogens with zero attached hydrogens (tertiary/aromatic N) is 3. The molecule has 3 rings (SSSR count). The highest BCUT2D eigenvalue weighted by atomic mass is 35.5. The Morgan fingerprint density at radius 3 is 2.67 bits per heavy atom. The molecule has 0 aliphatic carbocycles. The SMILES string of the molecule is NC(CN1CCOCC1)c1noc(-c2ccc(Cl)cc2)n1. The van der Waals surface area contributed by atoms with Gasteiger partial charge in [0, 0.05) is 30.2 Å². The van der Waals surface area contributed by atoms with E-state index in [2.05, 4.69) is 15.0 Å². The lowest BCUT2D eigenvalue weighted by atomic mass is 10.2. The summed E-state index contributed by atoms with van der Waals surface area (Å²) in [5, 5.41) is 4.65. The largest absolute Gasteiger partial charge is 0.379 e. The van der Waals surface area contributed by atoms with Gasteiger partial charge in [-0.05, 0) is 24.3 Å². The molecular weight excluding hydrogens is 292 g/mol. The smallest absolute Gasteiger partial charge is 0.257 e. The number of morpholine rings is 1. The van der Waals surface area contributed by atoms with Crippen LogP contribution in [0.5, 0.6) is 0 Å². The Hall–Kier alpha value is -1.47. The van der Waals surface area contributed by atoms with E-state index in [1.165, 1.54) is 0 Å². The van der Waals surface area contributed by atoms with E-state index >= 15 is 0 Å². The molecule has 7 heteroatoms. The van der Waals surface area contributed by atoms with Crippen LogP contribution in [0.15, 0.2) is 28.8 Å². The van der Waals surface area contributed by atoms with Crippen LogP contribution in [-0.2, 0) is 4.74 Å². The summed E-state index contributed by atoms with van der Waals surface area (Å²) in [6.45, 7) is 3.96. The van der Waals surface area contributed by atoms with Gasteiger partial charge in [0.2, 0.25) is 0 Å². The number of ether oxygens (including phenoxy) is 1. The fourth-order valence-corrected chi connectivity index (χ4v) is 2.36. The van der Waals surface area contributed by atoms with Gasteiger partial charge in [-0.15, -0.1) is 0 Å². The van der Waals surface area contributed by atoms with Crippen LogP contribution in [-0.4, -0.2) is 47.9 Å². The number of halogens is 1. The van der Waals surface area contributed by atoms with E-state index in [0.29, 0.717) is 23.3 Å². The highest BCUT2D eigenvalue weighted by Crippen LogP contribution is 2.21. The van der Waals surface area contributed by atoms with E-state index in [9.17, 15) is 0 Å². The highest BCUT2D eigenvalue weighted by Gasteiger charge is 2.19. The third kappa shape index (κ3) is 3.59. The first-order valence-corrected chi connectivity index (χ1v) is 7.25. The van der Waals surface area contributed by atoms with Gasteiger partial charge >= 0.3 is 0 Å². The molecule has 0 radical (unpaired) electrons. The molecule has 1 saturated heterocycles. The average molecular weight is 309 g/mol. The first-order valence-electron chi connectivity index (χ1n) is 6.87. The summed E-state index contributed by atoms with van der Waals surface area (Å²) in [4.78, 5) is 6.61. The first-order chi connectivity index (χ1) is 10.2. The van der Waals surface area contributed by atoms with Crippen LogP contribution in [0.3, 0.4) is 0 Å². The van der Waals surface area contributed by atoms with E-state index in [1.807, 2.05) is 12.1 Å². The number of hydrogen-bond acceptors (Lipinski definition) is 6. The molecule has 1 aromatic carbocycles. The summed E-state index contributed by atoms with van der Waals surface area (Å²) in [6, 6.07) is 6.98. The van der Waals surface area contributed by atoms with Crippen LogP contribution in [0.4, 0.5) is 0 Å². The molecule has 2 N–H and O–H groups in total. The van der Waals surface area contributed by atoms with Crippen LogP contribution >= 0.6 is 11.6 Å². The molecule has 1 atom stereocenters. The molecule has 2 aromatic rings. The van der Waals surface area contributed by atoms with Crippen molar-refractivity contribution in [2.45, 2.75) is 6.04 Å². The maximum absolute atomic E-state index is 6.15. The van der Waals surface area contributed by atoms with Crippen molar-refractivity contribution in [1.82, 2.24) is 15.0 Å².